The first kappa shape index (κ1) is 13.7. The van der Waals surface area contributed by atoms with E-state index in [1.54, 1.807) is 0 Å². The van der Waals surface area contributed by atoms with Crippen LogP contribution in [0.15, 0.2) is 38.6 Å². The third-order valence-corrected chi connectivity index (χ3v) is 3.76. The fourth-order valence-corrected chi connectivity index (χ4v) is 2.68. The quantitative estimate of drug-likeness (QED) is 0.921. The molecule has 1 radical (unpaired) electrons. The Labute approximate surface area is 116 Å². The van der Waals surface area contributed by atoms with Crippen LogP contribution in [0.3, 0.4) is 0 Å². The van der Waals surface area contributed by atoms with Gasteiger partial charge in [0.15, 0.2) is 0 Å². The molecule has 1 N–H and O–H groups in total. The van der Waals surface area contributed by atoms with Crippen molar-refractivity contribution in [2.45, 2.75) is 5.54 Å². The zero-order valence-corrected chi connectivity index (χ0v) is 11.6. The minimum atomic E-state index is -1.43. The molecule has 0 saturated heterocycles. The first-order valence-corrected chi connectivity index (χ1v) is 6.70. The van der Waals surface area contributed by atoms with Crippen LogP contribution in [0, 0.1) is 5.82 Å². The third-order valence-electron chi connectivity index (χ3n) is 2.58. The number of nitrogens with zero attached hydrogens (tertiary/aromatic N) is 1. The van der Waals surface area contributed by atoms with Crippen molar-refractivity contribution in [1.82, 2.24) is 0 Å². The average Bonchev–Trinajstić information content (AvgIpc) is 2.41. The molecule has 1 aromatic carbocycles. The Morgan fingerprint density at radius 1 is 1.50 bits per heavy atom. The molecule has 0 aromatic heterocycles. The van der Waals surface area contributed by atoms with Crippen LogP contribution in [0.1, 0.15) is 5.56 Å². The van der Waals surface area contributed by atoms with Crippen LogP contribution in [-0.4, -0.2) is 23.9 Å². The summed E-state index contributed by atoms with van der Waals surface area (Å²) in [4.78, 5) is 4.44. The van der Waals surface area contributed by atoms with Crippen molar-refractivity contribution in [2.75, 3.05) is 13.3 Å². The highest BCUT2D eigenvalue weighted by molar-refractivity contribution is 9.10. The maximum Gasteiger partial charge on any atom is 0.137 e. The number of rotatable bonds is 3. The number of thioether (sulfide) groups is 1. The number of benzene rings is 1. The Kier molecular flexibility index (Phi) is 4.19. The van der Waals surface area contributed by atoms with Crippen molar-refractivity contribution in [3.8, 4) is 0 Å². The predicted molar refractivity (Wildman–Crippen MR) is 71.9 cm³/mol. The number of aliphatic hydroxyl groups excluding tert-OH is 1. The number of hydrogen-bond donors (Lipinski definition) is 1. The number of aliphatic hydroxyl groups is 1. The van der Waals surface area contributed by atoms with Crippen LogP contribution in [-0.2, 0) is 5.54 Å². The molecule has 0 unspecified atom stereocenters. The SMILES string of the molecule is OCC1=C[C@@](CF)(c2cc(Br)ccc2F)N=[C]S1. The van der Waals surface area contributed by atoms with Crippen LogP contribution in [0.4, 0.5) is 8.78 Å². The Bertz CT molecular complexity index is 521. The second-order valence-electron chi connectivity index (χ2n) is 3.76. The molecular formula is C12H9BrF2NOS. The van der Waals surface area contributed by atoms with Gasteiger partial charge >= 0.3 is 0 Å². The summed E-state index contributed by atoms with van der Waals surface area (Å²) in [6.45, 7) is -1.14. The van der Waals surface area contributed by atoms with Crippen molar-refractivity contribution in [3.63, 3.8) is 0 Å². The van der Waals surface area contributed by atoms with E-state index in [0.717, 1.165) is 11.8 Å². The lowest BCUT2D eigenvalue weighted by molar-refractivity contribution is 0.330. The topological polar surface area (TPSA) is 32.6 Å². The van der Waals surface area contributed by atoms with Gasteiger partial charge in [0.2, 0.25) is 0 Å². The summed E-state index contributed by atoms with van der Waals surface area (Å²) in [5.74, 6) is -0.540. The zero-order chi connectivity index (χ0) is 13.2. The molecule has 1 aliphatic rings. The third kappa shape index (κ3) is 2.50. The van der Waals surface area contributed by atoms with E-state index >= 15 is 0 Å². The fourth-order valence-electron chi connectivity index (χ4n) is 1.68. The predicted octanol–water partition coefficient (Wildman–Crippen LogP) is 3.28. The molecule has 1 aliphatic heterocycles. The first-order chi connectivity index (χ1) is 8.61. The molecule has 18 heavy (non-hydrogen) atoms. The molecule has 2 nitrogen and oxygen atoms in total. The van der Waals surface area contributed by atoms with E-state index in [1.165, 1.54) is 24.3 Å². The zero-order valence-electron chi connectivity index (χ0n) is 9.16. The Balaban J connectivity index is 2.56. The Morgan fingerprint density at radius 3 is 2.94 bits per heavy atom. The molecule has 95 valence electrons. The number of alkyl halides is 1. The van der Waals surface area contributed by atoms with Gasteiger partial charge in [-0.3, -0.25) is 4.99 Å². The highest BCUT2D eigenvalue weighted by atomic mass is 79.9. The van der Waals surface area contributed by atoms with Crippen molar-refractivity contribution in [3.05, 3.63) is 45.0 Å². The van der Waals surface area contributed by atoms with Gasteiger partial charge in [-0.05, 0) is 24.3 Å². The molecule has 6 heteroatoms. The molecule has 0 bridgehead atoms. The lowest BCUT2D eigenvalue weighted by atomic mass is 9.90. The molecule has 1 atom stereocenters. The van der Waals surface area contributed by atoms with E-state index in [-0.39, 0.29) is 12.2 Å². The molecule has 0 amide bonds. The molecule has 0 saturated carbocycles. The maximum absolute atomic E-state index is 13.8. The second kappa shape index (κ2) is 5.50. The lowest BCUT2D eigenvalue weighted by Crippen LogP contribution is -2.27. The standard InChI is InChI=1S/C12H9BrF2NOS/c13-8-1-2-11(15)10(3-8)12(6-14)4-9(5-17)18-7-16-12/h1-4,17H,5-6H2/t12-/m1/s1. The molecule has 0 fully saturated rings. The summed E-state index contributed by atoms with van der Waals surface area (Å²) in [7, 11) is 0. The highest BCUT2D eigenvalue weighted by Crippen LogP contribution is 2.37. The van der Waals surface area contributed by atoms with Crippen molar-refractivity contribution >= 4 is 33.2 Å². The summed E-state index contributed by atoms with van der Waals surface area (Å²) < 4.78 is 27.9. The minimum Gasteiger partial charge on any atom is -0.391 e. The largest absolute Gasteiger partial charge is 0.391 e. The van der Waals surface area contributed by atoms with Crippen molar-refractivity contribution in [1.29, 1.82) is 0 Å². The first-order valence-electron chi connectivity index (χ1n) is 5.09. The molecule has 0 spiro atoms. The lowest BCUT2D eigenvalue weighted by Gasteiger charge is -2.27. The van der Waals surface area contributed by atoms with Gasteiger partial charge in [0.05, 0.1) is 6.61 Å². The van der Waals surface area contributed by atoms with E-state index < -0.39 is 18.0 Å². The molecule has 2 rings (SSSR count). The van der Waals surface area contributed by atoms with Gasteiger partial charge in [-0.25, -0.2) is 8.78 Å². The second-order valence-corrected chi connectivity index (χ2v) is 5.58. The Hall–Kier alpha value is -0.720. The van der Waals surface area contributed by atoms with Gasteiger partial charge in [0, 0.05) is 14.9 Å². The maximum atomic E-state index is 13.8. The smallest absolute Gasteiger partial charge is 0.137 e. The number of hydrogen-bond acceptors (Lipinski definition) is 3. The highest BCUT2D eigenvalue weighted by Gasteiger charge is 2.34. The molecule has 1 aromatic rings. The minimum absolute atomic E-state index is 0.123. The monoisotopic (exact) mass is 332 g/mol. The van der Waals surface area contributed by atoms with Gasteiger partial charge in [0.25, 0.3) is 0 Å². The van der Waals surface area contributed by atoms with Gasteiger partial charge in [-0.15, -0.1) is 0 Å². The van der Waals surface area contributed by atoms with Crippen LogP contribution >= 0.6 is 27.7 Å². The Morgan fingerprint density at radius 2 is 2.28 bits per heavy atom. The summed E-state index contributed by atoms with van der Waals surface area (Å²) in [6, 6.07) is 4.27. The van der Waals surface area contributed by atoms with E-state index in [0.29, 0.717) is 9.38 Å². The average molecular weight is 333 g/mol. The van der Waals surface area contributed by atoms with Crippen molar-refractivity contribution in [2.24, 2.45) is 4.99 Å². The van der Waals surface area contributed by atoms with Gasteiger partial charge in [0.1, 0.15) is 23.6 Å². The van der Waals surface area contributed by atoms with Crippen molar-refractivity contribution < 1.29 is 13.9 Å². The van der Waals surface area contributed by atoms with Crippen LogP contribution in [0.25, 0.3) is 0 Å². The number of halogens is 3. The summed E-state index contributed by atoms with van der Waals surface area (Å²) in [6.07, 6.45) is 1.44. The van der Waals surface area contributed by atoms with E-state index in [1.807, 2.05) is 0 Å². The summed E-state index contributed by atoms with van der Waals surface area (Å²) in [5.41, 5.74) is 1.25. The van der Waals surface area contributed by atoms with Gasteiger partial charge in [-0.2, -0.15) is 0 Å². The molecule has 0 aliphatic carbocycles. The number of aliphatic imine (C=N–C) groups is 1. The summed E-state index contributed by atoms with van der Waals surface area (Å²) >= 11 is 4.30. The molecule has 1 heterocycles. The van der Waals surface area contributed by atoms with E-state index in [2.05, 4.69) is 26.5 Å². The van der Waals surface area contributed by atoms with E-state index in [9.17, 15) is 8.78 Å². The van der Waals surface area contributed by atoms with Crippen LogP contribution < -0.4 is 0 Å². The fraction of sp³-hybridized carbons (Fsp3) is 0.250. The normalized spacial score (nSPS) is 23.0. The van der Waals surface area contributed by atoms with Crippen LogP contribution in [0.5, 0.6) is 0 Å². The molecular weight excluding hydrogens is 324 g/mol. The summed E-state index contributed by atoms with van der Waals surface area (Å²) in [5, 5.41) is 9.09. The van der Waals surface area contributed by atoms with Gasteiger partial charge in [-0.1, -0.05) is 27.7 Å². The van der Waals surface area contributed by atoms with E-state index in [4.69, 9.17) is 5.11 Å². The van der Waals surface area contributed by atoms with Gasteiger partial charge < -0.3 is 5.11 Å². The van der Waals surface area contributed by atoms with Crippen LogP contribution in [0.2, 0.25) is 0 Å².